The SMILES string of the molecule is CC(C)NC(=O)NCc1ccc(C(=O)N2C[C@H](C)C[C@H](C)C2)cc1. The quantitative estimate of drug-likeness (QED) is 0.891. The number of rotatable bonds is 4. The van der Waals surface area contributed by atoms with E-state index in [0.29, 0.717) is 23.9 Å². The number of benzene rings is 1. The van der Waals surface area contributed by atoms with Crippen molar-refractivity contribution in [2.24, 2.45) is 11.8 Å². The number of nitrogens with one attached hydrogen (secondary N) is 2. The smallest absolute Gasteiger partial charge is 0.315 e. The molecule has 0 radical (unpaired) electrons. The van der Waals surface area contributed by atoms with Crippen LogP contribution in [0.3, 0.4) is 0 Å². The first-order valence-corrected chi connectivity index (χ1v) is 8.77. The fourth-order valence-electron chi connectivity index (χ4n) is 3.27. The van der Waals surface area contributed by atoms with Gasteiger partial charge in [0.1, 0.15) is 0 Å². The van der Waals surface area contributed by atoms with Crippen molar-refractivity contribution in [3.8, 4) is 0 Å². The first-order chi connectivity index (χ1) is 11.3. The van der Waals surface area contributed by atoms with Crippen LogP contribution in [0.25, 0.3) is 0 Å². The number of amides is 3. The number of carbonyl (C=O) groups excluding carboxylic acids is 2. The van der Waals surface area contributed by atoms with E-state index in [4.69, 9.17) is 0 Å². The van der Waals surface area contributed by atoms with E-state index in [1.165, 1.54) is 6.42 Å². The third-order valence-electron chi connectivity index (χ3n) is 4.23. The predicted octanol–water partition coefficient (Wildman–Crippen LogP) is 3.01. The van der Waals surface area contributed by atoms with Crippen LogP contribution in [-0.4, -0.2) is 36.0 Å². The van der Waals surface area contributed by atoms with E-state index in [-0.39, 0.29) is 18.0 Å². The van der Waals surface area contributed by atoms with Crippen molar-refractivity contribution in [3.63, 3.8) is 0 Å². The molecule has 1 aromatic carbocycles. The molecule has 0 spiro atoms. The van der Waals surface area contributed by atoms with Crippen LogP contribution in [0.15, 0.2) is 24.3 Å². The topological polar surface area (TPSA) is 61.4 Å². The van der Waals surface area contributed by atoms with Crippen LogP contribution >= 0.6 is 0 Å². The largest absolute Gasteiger partial charge is 0.338 e. The summed E-state index contributed by atoms with van der Waals surface area (Å²) in [5.41, 5.74) is 1.69. The lowest BCUT2D eigenvalue weighted by molar-refractivity contribution is 0.0623. The van der Waals surface area contributed by atoms with Gasteiger partial charge in [-0.15, -0.1) is 0 Å². The Kier molecular flexibility index (Phi) is 6.23. The van der Waals surface area contributed by atoms with Gasteiger partial charge < -0.3 is 15.5 Å². The van der Waals surface area contributed by atoms with E-state index >= 15 is 0 Å². The highest BCUT2D eigenvalue weighted by Gasteiger charge is 2.25. The minimum atomic E-state index is -0.179. The molecule has 1 fully saturated rings. The van der Waals surface area contributed by atoms with Crippen LogP contribution in [-0.2, 0) is 6.54 Å². The Labute approximate surface area is 144 Å². The maximum absolute atomic E-state index is 12.6. The lowest BCUT2D eigenvalue weighted by Crippen LogP contribution is -2.42. The molecule has 0 bridgehead atoms. The number of hydrogen-bond donors (Lipinski definition) is 2. The van der Waals surface area contributed by atoms with E-state index in [1.807, 2.05) is 43.0 Å². The summed E-state index contributed by atoms with van der Waals surface area (Å²) in [6.07, 6.45) is 1.19. The molecule has 132 valence electrons. The minimum absolute atomic E-state index is 0.102. The second-order valence-corrected chi connectivity index (χ2v) is 7.33. The molecule has 1 aliphatic rings. The summed E-state index contributed by atoms with van der Waals surface area (Å²) < 4.78 is 0. The third kappa shape index (κ3) is 5.25. The molecule has 2 rings (SSSR count). The average molecular weight is 331 g/mol. The van der Waals surface area contributed by atoms with Gasteiger partial charge in [-0.1, -0.05) is 26.0 Å². The van der Waals surface area contributed by atoms with Gasteiger partial charge in [-0.05, 0) is 49.8 Å². The highest BCUT2D eigenvalue weighted by atomic mass is 16.2. The van der Waals surface area contributed by atoms with Crippen molar-refractivity contribution < 1.29 is 9.59 Å². The van der Waals surface area contributed by atoms with Gasteiger partial charge in [-0.3, -0.25) is 4.79 Å². The molecule has 1 saturated heterocycles. The number of urea groups is 1. The summed E-state index contributed by atoms with van der Waals surface area (Å²) >= 11 is 0. The van der Waals surface area contributed by atoms with E-state index in [1.54, 1.807) is 0 Å². The molecule has 0 unspecified atom stereocenters. The minimum Gasteiger partial charge on any atom is -0.338 e. The van der Waals surface area contributed by atoms with E-state index < -0.39 is 0 Å². The zero-order valence-electron chi connectivity index (χ0n) is 15.1. The Balaban J connectivity index is 1.91. The molecule has 1 heterocycles. The zero-order valence-corrected chi connectivity index (χ0v) is 15.1. The monoisotopic (exact) mass is 331 g/mol. The Morgan fingerprint density at radius 3 is 2.25 bits per heavy atom. The molecule has 0 aromatic heterocycles. The fraction of sp³-hybridized carbons (Fsp3) is 0.579. The van der Waals surface area contributed by atoms with E-state index in [9.17, 15) is 9.59 Å². The number of likely N-dealkylation sites (tertiary alicyclic amines) is 1. The predicted molar refractivity (Wildman–Crippen MR) is 95.8 cm³/mol. The average Bonchev–Trinajstić information content (AvgIpc) is 2.51. The number of hydrogen-bond acceptors (Lipinski definition) is 2. The van der Waals surface area contributed by atoms with E-state index in [2.05, 4.69) is 24.5 Å². The fourth-order valence-corrected chi connectivity index (χ4v) is 3.27. The van der Waals surface area contributed by atoms with Gasteiger partial charge in [0.15, 0.2) is 0 Å². The highest BCUT2D eigenvalue weighted by Crippen LogP contribution is 2.22. The normalized spacial score (nSPS) is 20.8. The first kappa shape index (κ1) is 18.3. The summed E-state index contributed by atoms with van der Waals surface area (Å²) in [5, 5.41) is 5.59. The van der Waals surface area contributed by atoms with Gasteiger partial charge in [0.05, 0.1) is 0 Å². The van der Waals surface area contributed by atoms with Gasteiger partial charge in [0.25, 0.3) is 5.91 Å². The molecular formula is C19H29N3O2. The van der Waals surface area contributed by atoms with Crippen molar-refractivity contribution in [1.29, 1.82) is 0 Å². The van der Waals surface area contributed by atoms with Crippen LogP contribution in [0.5, 0.6) is 0 Å². The van der Waals surface area contributed by atoms with Crippen LogP contribution in [0.4, 0.5) is 4.79 Å². The lowest BCUT2D eigenvalue weighted by Gasteiger charge is -2.35. The van der Waals surface area contributed by atoms with Gasteiger partial charge in [-0.2, -0.15) is 0 Å². The second-order valence-electron chi connectivity index (χ2n) is 7.33. The molecule has 0 saturated carbocycles. The molecule has 5 heteroatoms. The zero-order chi connectivity index (χ0) is 17.7. The van der Waals surface area contributed by atoms with E-state index in [0.717, 1.165) is 18.7 Å². The van der Waals surface area contributed by atoms with Crippen molar-refractivity contribution in [2.75, 3.05) is 13.1 Å². The van der Waals surface area contributed by atoms with Crippen molar-refractivity contribution >= 4 is 11.9 Å². The molecule has 2 atom stereocenters. The molecule has 1 aromatic rings. The molecule has 1 aliphatic heterocycles. The Bertz CT molecular complexity index is 558. The summed E-state index contributed by atoms with van der Waals surface area (Å²) in [6, 6.07) is 7.44. The molecule has 3 amide bonds. The van der Waals surface area contributed by atoms with Crippen molar-refractivity contribution in [1.82, 2.24) is 15.5 Å². The first-order valence-electron chi connectivity index (χ1n) is 8.77. The summed E-state index contributed by atoms with van der Waals surface area (Å²) in [7, 11) is 0. The van der Waals surface area contributed by atoms with Crippen LogP contribution < -0.4 is 10.6 Å². The van der Waals surface area contributed by atoms with Gasteiger partial charge in [0, 0.05) is 31.2 Å². The Morgan fingerprint density at radius 1 is 1.12 bits per heavy atom. The van der Waals surface area contributed by atoms with Crippen LogP contribution in [0.2, 0.25) is 0 Å². The van der Waals surface area contributed by atoms with Crippen molar-refractivity contribution in [3.05, 3.63) is 35.4 Å². The maximum Gasteiger partial charge on any atom is 0.315 e. The Morgan fingerprint density at radius 2 is 1.71 bits per heavy atom. The van der Waals surface area contributed by atoms with Crippen molar-refractivity contribution in [2.45, 2.75) is 46.7 Å². The number of nitrogens with zero attached hydrogens (tertiary/aromatic N) is 1. The molecule has 24 heavy (non-hydrogen) atoms. The van der Waals surface area contributed by atoms with Crippen LogP contribution in [0, 0.1) is 11.8 Å². The molecular weight excluding hydrogens is 302 g/mol. The van der Waals surface area contributed by atoms with Gasteiger partial charge in [0.2, 0.25) is 0 Å². The maximum atomic E-state index is 12.6. The standard InChI is InChI=1S/C19H29N3O2/c1-13(2)21-19(24)20-10-16-5-7-17(8-6-16)18(23)22-11-14(3)9-15(4)12-22/h5-8,13-15H,9-12H2,1-4H3,(H2,20,21,24)/t14-,15+. The lowest BCUT2D eigenvalue weighted by atomic mass is 9.91. The number of piperidine rings is 1. The summed E-state index contributed by atoms with van der Waals surface area (Å²) in [4.78, 5) is 26.2. The number of carbonyl (C=O) groups is 2. The highest BCUT2D eigenvalue weighted by molar-refractivity contribution is 5.94. The van der Waals surface area contributed by atoms with Gasteiger partial charge in [-0.25, -0.2) is 4.79 Å². The van der Waals surface area contributed by atoms with Crippen LogP contribution in [0.1, 0.15) is 50.0 Å². The summed E-state index contributed by atoms with van der Waals surface area (Å²) in [6.45, 7) is 10.4. The van der Waals surface area contributed by atoms with Gasteiger partial charge >= 0.3 is 6.03 Å². The molecule has 2 N–H and O–H groups in total. The summed E-state index contributed by atoms with van der Waals surface area (Å²) in [5.74, 6) is 1.21. The molecule has 0 aliphatic carbocycles. The molecule has 5 nitrogen and oxygen atoms in total. The third-order valence-corrected chi connectivity index (χ3v) is 4.23. The second kappa shape index (κ2) is 8.18. The Hall–Kier alpha value is -2.04.